The molecule has 6 heteroatoms. The summed E-state index contributed by atoms with van der Waals surface area (Å²) in [6.45, 7) is 2.66. The first-order chi connectivity index (χ1) is 7.65. The molecule has 0 saturated carbocycles. The van der Waals surface area contributed by atoms with Crippen LogP contribution in [0.1, 0.15) is 0 Å². The maximum atomic E-state index is 11.5. The first kappa shape index (κ1) is 13.4. The topological polar surface area (TPSA) is 73.8 Å². The molecule has 0 aromatic rings. The fraction of sp³-hybridized carbons (Fsp3) is 0.900. The first-order valence-corrected chi connectivity index (χ1v) is 5.49. The molecule has 1 heterocycles. The number of hydrogen-bond donors (Lipinski definition) is 3. The Kier molecular flexibility index (Phi) is 5.68. The molecular formula is C10H21N3O3. The molecule has 2 unspecified atom stereocenters. The Morgan fingerprint density at radius 2 is 2.38 bits per heavy atom. The van der Waals surface area contributed by atoms with Gasteiger partial charge in [0.2, 0.25) is 5.91 Å². The lowest BCUT2D eigenvalue weighted by atomic mass is 10.2. The number of aliphatic hydroxyl groups is 1. The van der Waals surface area contributed by atoms with Crippen LogP contribution in [-0.4, -0.2) is 75.0 Å². The zero-order chi connectivity index (χ0) is 12.0. The minimum absolute atomic E-state index is 0.0215. The third-order valence-electron chi connectivity index (χ3n) is 2.74. The minimum atomic E-state index is -0.392. The third-order valence-corrected chi connectivity index (χ3v) is 2.74. The van der Waals surface area contributed by atoms with Gasteiger partial charge in [-0.2, -0.15) is 0 Å². The highest BCUT2D eigenvalue weighted by atomic mass is 16.5. The van der Waals surface area contributed by atoms with Crippen LogP contribution < -0.4 is 10.6 Å². The van der Waals surface area contributed by atoms with E-state index in [9.17, 15) is 9.90 Å². The minimum Gasteiger partial charge on any atom is -0.390 e. The SMILES string of the molecule is COCCNC(=O)CN(C)C1CNCC1O. The zero-order valence-electron chi connectivity index (χ0n) is 9.90. The molecule has 6 nitrogen and oxygen atoms in total. The van der Waals surface area contributed by atoms with E-state index in [2.05, 4.69) is 10.6 Å². The second kappa shape index (κ2) is 6.80. The van der Waals surface area contributed by atoms with Gasteiger partial charge in [-0.15, -0.1) is 0 Å². The van der Waals surface area contributed by atoms with Gasteiger partial charge in [-0.05, 0) is 7.05 Å². The lowest BCUT2D eigenvalue weighted by molar-refractivity contribution is -0.122. The Morgan fingerprint density at radius 1 is 1.62 bits per heavy atom. The summed E-state index contributed by atoms with van der Waals surface area (Å²) in [4.78, 5) is 13.3. The average molecular weight is 231 g/mol. The Morgan fingerprint density at radius 3 is 2.94 bits per heavy atom. The van der Waals surface area contributed by atoms with Gasteiger partial charge in [0.1, 0.15) is 0 Å². The van der Waals surface area contributed by atoms with E-state index in [0.717, 1.165) is 6.54 Å². The summed E-state index contributed by atoms with van der Waals surface area (Å²) in [6.07, 6.45) is -0.392. The number of aliphatic hydroxyl groups excluding tert-OH is 1. The number of likely N-dealkylation sites (N-methyl/N-ethyl adjacent to an activating group) is 1. The van der Waals surface area contributed by atoms with Crippen LogP contribution in [0.4, 0.5) is 0 Å². The molecule has 0 aliphatic carbocycles. The second-order valence-electron chi connectivity index (χ2n) is 4.05. The van der Waals surface area contributed by atoms with Crippen molar-refractivity contribution in [3.8, 4) is 0 Å². The van der Waals surface area contributed by atoms with Crippen molar-refractivity contribution in [2.45, 2.75) is 12.1 Å². The van der Waals surface area contributed by atoms with E-state index >= 15 is 0 Å². The Bertz CT molecular complexity index is 225. The van der Waals surface area contributed by atoms with Crippen LogP contribution in [0.5, 0.6) is 0 Å². The van der Waals surface area contributed by atoms with Gasteiger partial charge in [0.15, 0.2) is 0 Å². The Balaban J connectivity index is 2.22. The Labute approximate surface area is 95.9 Å². The summed E-state index contributed by atoms with van der Waals surface area (Å²) in [6, 6.07) is 0.0215. The number of β-amino-alcohol motifs (C(OH)–C–C–N with tert-alkyl or cyclic N) is 1. The molecule has 1 rings (SSSR count). The summed E-state index contributed by atoms with van der Waals surface area (Å²) in [5.74, 6) is -0.0429. The van der Waals surface area contributed by atoms with Gasteiger partial charge < -0.3 is 20.5 Å². The lowest BCUT2D eigenvalue weighted by Gasteiger charge is -2.25. The van der Waals surface area contributed by atoms with E-state index in [0.29, 0.717) is 26.2 Å². The maximum absolute atomic E-state index is 11.5. The van der Waals surface area contributed by atoms with Crippen molar-refractivity contribution < 1.29 is 14.6 Å². The monoisotopic (exact) mass is 231 g/mol. The van der Waals surface area contributed by atoms with Crippen molar-refractivity contribution in [3.63, 3.8) is 0 Å². The molecule has 1 amide bonds. The standard InChI is InChI=1S/C10H21N3O3/c1-13(8-5-11-6-9(8)14)7-10(15)12-3-4-16-2/h8-9,11,14H,3-7H2,1-2H3,(H,12,15). The van der Waals surface area contributed by atoms with Crippen LogP contribution in [0, 0.1) is 0 Å². The summed E-state index contributed by atoms with van der Waals surface area (Å²) in [7, 11) is 3.44. The van der Waals surface area contributed by atoms with Crippen LogP contribution >= 0.6 is 0 Å². The summed E-state index contributed by atoms with van der Waals surface area (Å²) in [5, 5.41) is 15.5. The van der Waals surface area contributed by atoms with Gasteiger partial charge in [0.05, 0.1) is 19.3 Å². The van der Waals surface area contributed by atoms with E-state index < -0.39 is 6.10 Å². The van der Waals surface area contributed by atoms with Gasteiger partial charge >= 0.3 is 0 Å². The zero-order valence-corrected chi connectivity index (χ0v) is 9.90. The predicted molar refractivity (Wildman–Crippen MR) is 60.2 cm³/mol. The quantitative estimate of drug-likeness (QED) is 0.462. The van der Waals surface area contributed by atoms with Crippen LogP contribution in [0.15, 0.2) is 0 Å². The van der Waals surface area contributed by atoms with Gasteiger partial charge in [-0.1, -0.05) is 0 Å². The maximum Gasteiger partial charge on any atom is 0.234 e. The molecular weight excluding hydrogens is 210 g/mol. The molecule has 1 aliphatic rings. The van der Waals surface area contributed by atoms with E-state index in [1.165, 1.54) is 0 Å². The van der Waals surface area contributed by atoms with Crippen molar-refractivity contribution >= 4 is 5.91 Å². The van der Waals surface area contributed by atoms with Crippen molar-refractivity contribution in [2.24, 2.45) is 0 Å². The molecule has 0 bridgehead atoms. The van der Waals surface area contributed by atoms with Crippen LogP contribution in [0.2, 0.25) is 0 Å². The number of nitrogens with zero attached hydrogens (tertiary/aromatic N) is 1. The molecule has 16 heavy (non-hydrogen) atoms. The number of amides is 1. The smallest absolute Gasteiger partial charge is 0.234 e. The number of hydrogen-bond acceptors (Lipinski definition) is 5. The predicted octanol–water partition coefficient (Wildman–Crippen LogP) is -1.99. The first-order valence-electron chi connectivity index (χ1n) is 5.49. The number of carbonyl (C=O) groups excluding carboxylic acids is 1. The second-order valence-corrected chi connectivity index (χ2v) is 4.05. The highest BCUT2D eigenvalue weighted by Gasteiger charge is 2.29. The van der Waals surface area contributed by atoms with Crippen molar-refractivity contribution in [1.29, 1.82) is 0 Å². The molecule has 1 fully saturated rings. The average Bonchev–Trinajstić information content (AvgIpc) is 2.65. The molecule has 1 saturated heterocycles. The molecule has 3 N–H and O–H groups in total. The molecule has 0 spiro atoms. The number of ether oxygens (including phenoxy) is 1. The highest BCUT2D eigenvalue weighted by molar-refractivity contribution is 5.78. The fourth-order valence-electron chi connectivity index (χ4n) is 1.79. The van der Waals surface area contributed by atoms with Crippen molar-refractivity contribution in [2.75, 3.05) is 46.9 Å². The number of rotatable bonds is 6. The highest BCUT2D eigenvalue weighted by Crippen LogP contribution is 2.06. The van der Waals surface area contributed by atoms with E-state index in [-0.39, 0.29) is 11.9 Å². The summed E-state index contributed by atoms with van der Waals surface area (Å²) < 4.78 is 4.84. The van der Waals surface area contributed by atoms with Crippen LogP contribution in [-0.2, 0) is 9.53 Å². The van der Waals surface area contributed by atoms with Gasteiger partial charge in [0.25, 0.3) is 0 Å². The fourth-order valence-corrected chi connectivity index (χ4v) is 1.79. The molecule has 1 aliphatic heterocycles. The largest absolute Gasteiger partial charge is 0.390 e. The normalized spacial score (nSPS) is 25.0. The van der Waals surface area contributed by atoms with Crippen LogP contribution in [0.3, 0.4) is 0 Å². The van der Waals surface area contributed by atoms with Gasteiger partial charge in [-0.3, -0.25) is 9.69 Å². The summed E-state index contributed by atoms with van der Waals surface area (Å²) in [5.41, 5.74) is 0. The van der Waals surface area contributed by atoms with E-state index in [1.807, 2.05) is 11.9 Å². The van der Waals surface area contributed by atoms with Crippen LogP contribution in [0.25, 0.3) is 0 Å². The van der Waals surface area contributed by atoms with Gasteiger partial charge in [0, 0.05) is 32.8 Å². The lowest BCUT2D eigenvalue weighted by Crippen LogP contribution is -2.46. The number of nitrogens with one attached hydrogen (secondary N) is 2. The number of carbonyl (C=O) groups is 1. The van der Waals surface area contributed by atoms with E-state index in [4.69, 9.17) is 4.74 Å². The summed E-state index contributed by atoms with van der Waals surface area (Å²) >= 11 is 0. The number of methoxy groups -OCH3 is 1. The molecule has 0 aromatic carbocycles. The molecule has 0 radical (unpaired) electrons. The van der Waals surface area contributed by atoms with Gasteiger partial charge in [-0.25, -0.2) is 0 Å². The van der Waals surface area contributed by atoms with Crippen molar-refractivity contribution in [1.82, 2.24) is 15.5 Å². The molecule has 0 aromatic heterocycles. The third kappa shape index (κ3) is 4.05. The van der Waals surface area contributed by atoms with E-state index in [1.54, 1.807) is 7.11 Å². The van der Waals surface area contributed by atoms with Crippen molar-refractivity contribution in [3.05, 3.63) is 0 Å². The molecule has 2 atom stereocenters. The molecule has 94 valence electrons. The Hall–Kier alpha value is -0.690.